The molecular formula is C11H15N3O4. The summed E-state index contributed by atoms with van der Waals surface area (Å²) in [6.45, 7) is 3.63. The summed E-state index contributed by atoms with van der Waals surface area (Å²) in [6, 6.07) is 0.00919. The van der Waals surface area contributed by atoms with E-state index in [1.807, 2.05) is 6.92 Å². The molecule has 7 nitrogen and oxygen atoms in total. The molecule has 2 atom stereocenters. The zero-order valence-corrected chi connectivity index (χ0v) is 10.00. The Kier molecular flexibility index (Phi) is 4.06. The predicted molar refractivity (Wildman–Crippen MR) is 62.6 cm³/mol. The minimum Gasteiger partial charge on any atom is -0.476 e. The van der Waals surface area contributed by atoms with Crippen LogP contribution in [0.3, 0.4) is 0 Å². The molecule has 1 aromatic heterocycles. The summed E-state index contributed by atoms with van der Waals surface area (Å²) in [4.78, 5) is 18.4. The monoisotopic (exact) mass is 253 g/mol. The van der Waals surface area contributed by atoms with E-state index in [4.69, 9.17) is 14.6 Å². The maximum absolute atomic E-state index is 10.6. The summed E-state index contributed by atoms with van der Waals surface area (Å²) in [5.41, 5.74) is -0.0791. The summed E-state index contributed by atoms with van der Waals surface area (Å²) in [5.74, 6) is -0.578. The number of carboxylic acids is 1. The maximum Gasteiger partial charge on any atom is 0.356 e. The second-order valence-electron chi connectivity index (χ2n) is 3.87. The fourth-order valence-corrected chi connectivity index (χ4v) is 1.75. The molecule has 0 radical (unpaired) electrons. The van der Waals surface area contributed by atoms with Crippen molar-refractivity contribution in [2.24, 2.45) is 0 Å². The van der Waals surface area contributed by atoms with Crippen molar-refractivity contribution in [3.05, 3.63) is 18.1 Å². The number of carbonyl (C=O) groups is 1. The van der Waals surface area contributed by atoms with Gasteiger partial charge in [-0.15, -0.1) is 0 Å². The molecule has 2 N–H and O–H groups in total. The molecule has 7 heteroatoms. The van der Waals surface area contributed by atoms with Crippen molar-refractivity contribution in [1.82, 2.24) is 9.97 Å². The van der Waals surface area contributed by atoms with Crippen molar-refractivity contribution in [2.75, 3.05) is 25.1 Å². The lowest BCUT2D eigenvalue weighted by atomic mass is 10.2. The number of ether oxygens (including phenoxy) is 2. The highest BCUT2D eigenvalue weighted by atomic mass is 16.5. The Balaban J connectivity index is 1.98. The van der Waals surface area contributed by atoms with Crippen LogP contribution in [-0.2, 0) is 9.47 Å². The highest BCUT2D eigenvalue weighted by Gasteiger charge is 2.28. The molecule has 1 saturated heterocycles. The van der Waals surface area contributed by atoms with E-state index < -0.39 is 5.97 Å². The smallest absolute Gasteiger partial charge is 0.356 e. The molecule has 1 aromatic rings. The lowest BCUT2D eigenvalue weighted by Crippen LogP contribution is -2.34. The summed E-state index contributed by atoms with van der Waals surface area (Å²) < 4.78 is 10.8. The normalized spacial score (nSPS) is 22.9. The first kappa shape index (κ1) is 12.7. The third-order valence-electron chi connectivity index (χ3n) is 2.61. The number of carboxylic acid groups (broad SMARTS) is 1. The number of nitrogens with zero attached hydrogens (tertiary/aromatic N) is 2. The first-order valence-electron chi connectivity index (χ1n) is 5.72. The van der Waals surface area contributed by atoms with Crippen molar-refractivity contribution >= 4 is 11.8 Å². The van der Waals surface area contributed by atoms with Gasteiger partial charge in [0.15, 0.2) is 5.69 Å². The Labute approximate surface area is 104 Å². The minimum atomic E-state index is -1.09. The number of aromatic nitrogens is 2. The molecule has 1 aliphatic rings. The van der Waals surface area contributed by atoms with Crippen LogP contribution in [0.2, 0.25) is 0 Å². The van der Waals surface area contributed by atoms with E-state index in [1.165, 1.54) is 12.4 Å². The predicted octanol–water partition coefficient (Wildman–Crippen LogP) is 0.391. The Hall–Kier alpha value is -1.73. The minimum absolute atomic E-state index is 0.00919. The molecule has 0 bridgehead atoms. The molecule has 0 amide bonds. The van der Waals surface area contributed by atoms with Crippen LogP contribution < -0.4 is 5.32 Å². The standard InChI is InChI=1S/C11H15N3O4/c1-2-18-9-6-17-5-8(9)14-10-4-12-7(3-13-10)11(15)16/h3-4,8-9H,2,5-6H2,1H3,(H,13,14)(H,15,16)/t8-,9-/m1/s1. The van der Waals surface area contributed by atoms with E-state index >= 15 is 0 Å². The molecule has 0 aromatic carbocycles. The number of aromatic carboxylic acids is 1. The summed E-state index contributed by atoms with van der Waals surface area (Å²) in [5, 5.41) is 11.8. The first-order chi connectivity index (χ1) is 8.70. The molecule has 98 valence electrons. The Morgan fingerprint density at radius 1 is 1.56 bits per heavy atom. The van der Waals surface area contributed by atoms with Gasteiger partial charge in [0.2, 0.25) is 0 Å². The van der Waals surface area contributed by atoms with E-state index in [9.17, 15) is 4.79 Å². The third-order valence-corrected chi connectivity index (χ3v) is 2.61. The van der Waals surface area contributed by atoms with Crippen LogP contribution in [0.25, 0.3) is 0 Å². The third kappa shape index (κ3) is 2.93. The van der Waals surface area contributed by atoms with Crippen molar-refractivity contribution in [1.29, 1.82) is 0 Å². The Morgan fingerprint density at radius 2 is 2.39 bits per heavy atom. The number of rotatable bonds is 5. The summed E-state index contributed by atoms with van der Waals surface area (Å²) in [7, 11) is 0. The lowest BCUT2D eigenvalue weighted by Gasteiger charge is -2.19. The van der Waals surface area contributed by atoms with Crippen molar-refractivity contribution in [3.63, 3.8) is 0 Å². The van der Waals surface area contributed by atoms with E-state index in [-0.39, 0.29) is 17.8 Å². The Bertz CT molecular complexity index is 409. The van der Waals surface area contributed by atoms with Crippen LogP contribution in [-0.4, -0.2) is 53.0 Å². The molecule has 18 heavy (non-hydrogen) atoms. The highest BCUT2D eigenvalue weighted by molar-refractivity contribution is 5.84. The van der Waals surface area contributed by atoms with Crippen LogP contribution in [0.4, 0.5) is 5.82 Å². The molecule has 1 fully saturated rings. The van der Waals surface area contributed by atoms with Gasteiger partial charge in [0.05, 0.1) is 31.6 Å². The van der Waals surface area contributed by atoms with Crippen LogP contribution in [0.1, 0.15) is 17.4 Å². The quantitative estimate of drug-likeness (QED) is 0.783. The average Bonchev–Trinajstić information content (AvgIpc) is 2.78. The summed E-state index contributed by atoms with van der Waals surface area (Å²) in [6.07, 6.45) is 2.59. The van der Waals surface area contributed by atoms with Gasteiger partial charge < -0.3 is 19.9 Å². The topological polar surface area (TPSA) is 93.6 Å². The van der Waals surface area contributed by atoms with E-state index in [0.29, 0.717) is 25.6 Å². The van der Waals surface area contributed by atoms with Gasteiger partial charge in [0.25, 0.3) is 0 Å². The van der Waals surface area contributed by atoms with Gasteiger partial charge in [-0.05, 0) is 6.92 Å². The zero-order valence-electron chi connectivity index (χ0n) is 10.00. The molecular weight excluding hydrogens is 238 g/mol. The molecule has 0 spiro atoms. The maximum atomic E-state index is 10.6. The van der Waals surface area contributed by atoms with Gasteiger partial charge in [0, 0.05) is 6.61 Å². The van der Waals surface area contributed by atoms with Crippen molar-refractivity contribution in [3.8, 4) is 0 Å². The molecule has 0 aliphatic carbocycles. The second-order valence-corrected chi connectivity index (χ2v) is 3.87. The molecule has 2 rings (SSSR count). The fourth-order valence-electron chi connectivity index (χ4n) is 1.75. The van der Waals surface area contributed by atoms with Gasteiger partial charge in [-0.3, -0.25) is 0 Å². The van der Waals surface area contributed by atoms with Gasteiger partial charge in [-0.1, -0.05) is 0 Å². The van der Waals surface area contributed by atoms with Gasteiger partial charge >= 0.3 is 5.97 Å². The largest absolute Gasteiger partial charge is 0.476 e. The van der Waals surface area contributed by atoms with E-state index in [2.05, 4.69) is 15.3 Å². The molecule has 2 heterocycles. The van der Waals surface area contributed by atoms with Gasteiger partial charge in [-0.25, -0.2) is 14.8 Å². The number of anilines is 1. The highest BCUT2D eigenvalue weighted by Crippen LogP contribution is 2.14. The molecule has 0 unspecified atom stereocenters. The Morgan fingerprint density at radius 3 is 3.00 bits per heavy atom. The second kappa shape index (κ2) is 5.74. The number of hydrogen-bond donors (Lipinski definition) is 2. The first-order valence-corrected chi connectivity index (χ1v) is 5.72. The molecule has 1 aliphatic heterocycles. The molecule has 0 saturated carbocycles. The average molecular weight is 253 g/mol. The zero-order chi connectivity index (χ0) is 13.0. The summed E-state index contributed by atoms with van der Waals surface area (Å²) >= 11 is 0. The van der Waals surface area contributed by atoms with E-state index in [0.717, 1.165) is 0 Å². The van der Waals surface area contributed by atoms with Crippen molar-refractivity contribution < 1.29 is 19.4 Å². The van der Waals surface area contributed by atoms with E-state index in [1.54, 1.807) is 0 Å². The number of hydrogen-bond acceptors (Lipinski definition) is 6. The van der Waals surface area contributed by atoms with Crippen LogP contribution in [0.15, 0.2) is 12.4 Å². The van der Waals surface area contributed by atoms with Crippen molar-refractivity contribution in [2.45, 2.75) is 19.1 Å². The lowest BCUT2D eigenvalue weighted by molar-refractivity contribution is 0.0478. The SMILES string of the molecule is CCO[C@@H]1COC[C@H]1Nc1cnc(C(=O)O)cn1. The van der Waals surface area contributed by atoms with Gasteiger partial charge in [0.1, 0.15) is 11.9 Å². The van der Waals surface area contributed by atoms with Crippen LogP contribution in [0, 0.1) is 0 Å². The number of nitrogens with one attached hydrogen (secondary N) is 1. The van der Waals surface area contributed by atoms with Crippen LogP contribution >= 0.6 is 0 Å². The van der Waals surface area contributed by atoms with Gasteiger partial charge in [-0.2, -0.15) is 0 Å². The fraction of sp³-hybridized carbons (Fsp3) is 0.545. The van der Waals surface area contributed by atoms with Crippen LogP contribution in [0.5, 0.6) is 0 Å².